The van der Waals surface area contributed by atoms with E-state index in [-0.39, 0.29) is 18.1 Å². The van der Waals surface area contributed by atoms with Crippen LogP contribution in [0.15, 0.2) is 48.8 Å². The van der Waals surface area contributed by atoms with Gasteiger partial charge in [0.25, 0.3) is 0 Å². The van der Waals surface area contributed by atoms with E-state index in [1.807, 2.05) is 37.4 Å². The number of thiocarbonyl (C=S) groups is 1. The van der Waals surface area contributed by atoms with Crippen molar-refractivity contribution in [2.75, 3.05) is 13.7 Å². The van der Waals surface area contributed by atoms with Gasteiger partial charge in [-0.1, -0.05) is 12.1 Å². The van der Waals surface area contributed by atoms with Crippen molar-refractivity contribution in [3.63, 3.8) is 0 Å². The van der Waals surface area contributed by atoms with Crippen LogP contribution in [0.2, 0.25) is 0 Å². The zero-order chi connectivity index (χ0) is 23.5. The van der Waals surface area contributed by atoms with E-state index in [1.54, 1.807) is 6.20 Å². The summed E-state index contributed by atoms with van der Waals surface area (Å²) in [6.07, 6.45) is 4.69. The summed E-state index contributed by atoms with van der Waals surface area (Å²) >= 11 is 5.74. The summed E-state index contributed by atoms with van der Waals surface area (Å²) in [5.74, 6) is 0.677. The van der Waals surface area contributed by atoms with Crippen LogP contribution in [0.5, 0.6) is 0 Å². The predicted molar refractivity (Wildman–Crippen MR) is 131 cm³/mol. The number of rotatable bonds is 7. The monoisotopic (exact) mass is 463 g/mol. The lowest BCUT2D eigenvalue weighted by Gasteiger charge is -2.28. The van der Waals surface area contributed by atoms with Crippen LogP contribution in [-0.4, -0.2) is 44.2 Å². The van der Waals surface area contributed by atoms with Crippen molar-refractivity contribution in [1.29, 1.82) is 0 Å². The molecule has 33 heavy (non-hydrogen) atoms. The quantitative estimate of drug-likeness (QED) is 0.417. The maximum Gasteiger partial charge on any atom is 0.305 e. The molecule has 0 unspecified atom stereocenters. The molecule has 0 spiro atoms. The van der Waals surface area contributed by atoms with Crippen molar-refractivity contribution < 1.29 is 9.53 Å². The van der Waals surface area contributed by atoms with E-state index in [4.69, 9.17) is 17.0 Å². The third kappa shape index (κ3) is 4.61. The summed E-state index contributed by atoms with van der Waals surface area (Å²) in [5, 5.41) is 4.14. The Morgan fingerprint density at radius 2 is 2.00 bits per heavy atom. The molecule has 0 aromatic carbocycles. The Hall–Kier alpha value is -3.26. The highest BCUT2D eigenvalue weighted by Crippen LogP contribution is 2.41. The van der Waals surface area contributed by atoms with Crippen LogP contribution in [0.3, 0.4) is 0 Å². The molecule has 4 rings (SSSR count). The van der Waals surface area contributed by atoms with Gasteiger partial charge in [0, 0.05) is 36.7 Å². The molecule has 3 aromatic rings. The van der Waals surface area contributed by atoms with Gasteiger partial charge in [-0.25, -0.2) is 4.98 Å². The van der Waals surface area contributed by atoms with Crippen molar-refractivity contribution in [3.8, 4) is 5.82 Å². The Bertz CT molecular complexity index is 1140. The highest BCUT2D eigenvalue weighted by molar-refractivity contribution is 7.80. The molecule has 1 aliphatic heterocycles. The fourth-order valence-corrected chi connectivity index (χ4v) is 4.84. The van der Waals surface area contributed by atoms with Crippen LogP contribution < -0.4 is 5.32 Å². The Morgan fingerprint density at radius 3 is 2.67 bits per heavy atom. The number of nitrogens with one attached hydrogen (secondary N) is 1. The van der Waals surface area contributed by atoms with E-state index in [0.717, 1.165) is 34.0 Å². The number of carbonyl (C=O) groups is 1. The molecule has 7 nitrogen and oxygen atoms in total. The molecule has 3 aromatic heterocycles. The molecule has 1 N–H and O–H groups in total. The fourth-order valence-electron chi connectivity index (χ4n) is 4.51. The van der Waals surface area contributed by atoms with Gasteiger partial charge in [0.05, 0.1) is 24.9 Å². The Kier molecular flexibility index (Phi) is 6.74. The number of ether oxygens (including phenoxy) is 1. The number of aryl methyl sites for hydroxylation is 2. The molecule has 8 heteroatoms. The molecule has 172 valence electrons. The molecular weight excluding hydrogens is 434 g/mol. The first-order valence-electron chi connectivity index (χ1n) is 11.1. The zero-order valence-corrected chi connectivity index (χ0v) is 20.2. The standard InChI is InChI=1S/C25H29N5O2S/c1-16-10-11-21(27-15-16)30-17(2)14-19(18(30)3)24-23(20-8-5-6-12-26-20)28-25(33)29(24)13-7-9-22(31)32-4/h5-6,8,10-12,14-15,23-24H,7,9,13H2,1-4H3,(H,28,33)/t23-,24-/m0/s1. The van der Waals surface area contributed by atoms with Gasteiger partial charge in [-0.2, -0.15) is 0 Å². The van der Waals surface area contributed by atoms with Crippen LogP contribution in [0, 0.1) is 20.8 Å². The lowest BCUT2D eigenvalue weighted by molar-refractivity contribution is -0.140. The second-order valence-electron chi connectivity index (χ2n) is 8.36. The van der Waals surface area contributed by atoms with Gasteiger partial charge < -0.3 is 19.5 Å². The van der Waals surface area contributed by atoms with Gasteiger partial charge in [-0.05, 0) is 74.8 Å². The average molecular weight is 464 g/mol. The minimum atomic E-state index is -0.213. The highest BCUT2D eigenvalue weighted by atomic mass is 32.1. The SMILES string of the molecule is COC(=O)CCCN1C(=S)N[C@@H](c2ccccn2)[C@@H]1c1cc(C)n(-c2ccc(C)cn2)c1C. The number of hydrogen-bond acceptors (Lipinski definition) is 5. The van der Waals surface area contributed by atoms with Gasteiger partial charge in [0.1, 0.15) is 5.82 Å². The number of nitrogens with zero attached hydrogens (tertiary/aromatic N) is 4. The van der Waals surface area contributed by atoms with Gasteiger partial charge in [-0.15, -0.1) is 0 Å². The summed E-state index contributed by atoms with van der Waals surface area (Å²) < 4.78 is 6.99. The molecule has 0 bridgehead atoms. The van der Waals surface area contributed by atoms with Gasteiger partial charge >= 0.3 is 5.97 Å². The highest BCUT2D eigenvalue weighted by Gasteiger charge is 2.41. The van der Waals surface area contributed by atoms with E-state index in [0.29, 0.717) is 24.5 Å². The molecular formula is C25H29N5O2S. The first-order chi connectivity index (χ1) is 15.9. The predicted octanol–water partition coefficient (Wildman–Crippen LogP) is 4.12. The second kappa shape index (κ2) is 9.70. The van der Waals surface area contributed by atoms with Gasteiger partial charge in [0.15, 0.2) is 5.11 Å². The molecule has 1 saturated heterocycles. The summed E-state index contributed by atoms with van der Waals surface area (Å²) in [7, 11) is 1.41. The van der Waals surface area contributed by atoms with E-state index < -0.39 is 0 Å². The average Bonchev–Trinajstić information content (AvgIpc) is 3.30. The maximum absolute atomic E-state index is 11.7. The van der Waals surface area contributed by atoms with Gasteiger partial charge in [0.2, 0.25) is 0 Å². The smallest absolute Gasteiger partial charge is 0.305 e. The number of methoxy groups -OCH3 is 1. The number of esters is 1. The Morgan fingerprint density at radius 1 is 1.18 bits per heavy atom. The van der Waals surface area contributed by atoms with E-state index in [1.165, 1.54) is 7.11 Å². The summed E-state index contributed by atoms with van der Waals surface area (Å²) in [5.41, 5.74) is 5.43. The number of hydrogen-bond donors (Lipinski definition) is 1. The van der Waals surface area contributed by atoms with E-state index >= 15 is 0 Å². The number of pyridine rings is 2. The number of carbonyl (C=O) groups excluding carboxylic acids is 1. The first-order valence-corrected chi connectivity index (χ1v) is 11.5. The van der Waals surface area contributed by atoms with E-state index in [9.17, 15) is 4.79 Å². The molecule has 0 aliphatic carbocycles. The third-order valence-electron chi connectivity index (χ3n) is 6.12. The summed E-state index contributed by atoms with van der Waals surface area (Å²) in [4.78, 5) is 23.1. The minimum absolute atomic E-state index is 0.0598. The third-order valence-corrected chi connectivity index (χ3v) is 6.47. The lowest BCUT2D eigenvalue weighted by atomic mass is 9.96. The molecule has 0 saturated carbocycles. The van der Waals surface area contributed by atoms with Gasteiger partial charge in [-0.3, -0.25) is 9.78 Å². The van der Waals surface area contributed by atoms with Crippen LogP contribution in [-0.2, 0) is 9.53 Å². The molecule has 0 radical (unpaired) electrons. The van der Waals surface area contributed by atoms with Crippen LogP contribution in [0.1, 0.15) is 53.1 Å². The second-order valence-corrected chi connectivity index (χ2v) is 8.74. The van der Waals surface area contributed by atoms with Crippen molar-refractivity contribution in [2.24, 2.45) is 0 Å². The zero-order valence-electron chi connectivity index (χ0n) is 19.4. The Labute approximate surface area is 199 Å². The molecule has 4 heterocycles. The lowest BCUT2D eigenvalue weighted by Crippen LogP contribution is -2.31. The van der Waals surface area contributed by atoms with Crippen LogP contribution in [0.4, 0.5) is 0 Å². The fraction of sp³-hybridized carbons (Fsp3) is 0.360. The normalized spacial score (nSPS) is 17.8. The molecule has 2 atom stereocenters. The van der Waals surface area contributed by atoms with Crippen molar-refractivity contribution in [2.45, 2.75) is 45.7 Å². The minimum Gasteiger partial charge on any atom is -0.469 e. The maximum atomic E-state index is 11.7. The topological polar surface area (TPSA) is 72.3 Å². The molecule has 1 fully saturated rings. The molecule has 1 aliphatic rings. The first kappa shape index (κ1) is 22.9. The molecule has 0 amide bonds. The summed E-state index contributed by atoms with van der Waals surface area (Å²) in [6, 6.07) is 12.1. The van der Waals surface area contributed by atoms with Crippen LogP contribution in [0.25, 0.3) is 5.82 Å². The Balaban J connectivity index is 1.74. The number of aromatic nitrogens is 3. The van der Waals surface area contributed by atoms with Crippen molar-refractivity contribution in [3.05, 3.63) is 77.0 Å². The largest absolute Gasteiger partial charge is 0.469 e. The van der Waals surface area contributed by atoms with E-state index in [2.05, 4.69) is 50.7 Å². The van der Waals surface area contributed by atoms with Crippen LogP contribution >= 0.6 is 12.2 Å². The van der Waals surface area contributed by atoms with Crippen molar-refractivity contribution in [1.82, 2.24) is 24.8 Å². The summed E-state index contributed by atoms with van der Waals surface area (Å²) in [6.45, 7) is 6.89. The van der Waals surface area contributed by atoms with Crippen molar-refractivity contribution >= 4 is 23.3 Å².